The molecule has 1 aliphatic rings. The van der Waals surface area contributed by atoms with Crippen LogP contribution >= 0.6 is 0 Å². The Morgan fingerprint density at radius 2 is 2.05 bits per heavy atom. The molecule has 0 radical (unpaired) electrons. The largest absolute Gasteiger partial charge is 0.478 e. The second kappa shape index (κ2) is 4.79. The molecule has 1 heterocycles. The van der Waals surface area contributed by atoms with E-state index in [1.807, 2.05) is 13.8 Å². The zero-order valence-electron chi connectivity index (χ0n) is 10.7. The summed E-state index contributed by atoms with van der Waals surface area (Å²) in [6.45, 7) is 4.20. The number of hydrogen-bond donors (Lipinski definition) is 2. The van der Waals surface area contributed by atoms with E-state index in [0.29, 0.717) is 17.7 Å². The second-order valence-corrected chi connectivity index (χ2v) is 6.47. The number of carbonyl (C=O) groups is 1. The highest BCUT2D eigenvalue weighted by molar-refractivity contribution is 7.95. The summed E-state index contributed by atoms with van der Waals surface area (Å²) in [5, 5.41) is 13.4. The Morgan fingerprint density at radius 3 is 2.63 bits per heavy atom. The topological polar surface area (TPSA) is 83.5 Å². The van der Waals surface area contributed by atoms with Crippen molar-refractivity contribution in [1.29, 1.82) is 0 Å². The van der Waals surface area contributed by atoms with Gasteiger partial charge < -0.3 is 10.4 Å². The first-order valence-corrected chi connectivity index (χ1v) is 7.43. The summed E-state index contributed by atoms with van der Waals surface area (Å²) in [7, 11) is -3.52. The highest BCUT2D eigenvalue weighted by Gasteiger charge is 2.30. The van der Waals surface area contributed by atoms with E-state index in [0.717, 1.165) is 5.41 Å². The Balaban J connectivity index is 2.55. The van der Waals surface area contributed by atoms with Crippen molar-refractivity contribution in [3.63, 3.8) is 0 Å². The number of sulfone groups is 1. The molecule has 0 fully saturated rings. The predicted octanol–water partition coefficient (Wildman–Crippen LogP) is 1.51. The van der Waals surface area contributed by atoms with Crippen molar-refractivity contribution in [2.45, 2.75) is 24.8 Å². The molecule has 1 aromatic carbocycles. The Kier molecular flexibility index (Phi) is 3.47. The van der Waals surface area contributed by atoms with Crippen molar-refractivity contribution in [3.05, 3.63) is 34.7 Å². The van der Waals surface area contributed by atoms with Crippen LogP contribution in [-0.4, -0.2) is 32.1 Å². The van der Waals surface area contributed by atoms with Gasteiger partial charge in [-0.15, -0.1) is 0 Å². The van der Waals surface area contributed by atoms with E-state index in [1.165, 1.54) is 18.2 Å². The first-order chi connectivity index (χ1) is 8.83. The monoisotopic (exact) mass is 281 g/mol. The van der Waals surface area contributed by atoms with Gasteiger partial charge in [-0.05, 0) is 17.7 Å². The maximum Gasteiger partial charge on any atom is 0.336 e. The van der Waals surface area contributed by atoms with E-state index >= 15 is 0 Å². The van der Waals surface area contributed by atoms with E-state index in [-0.39, 0.29) is 16.5 Å². The van der Waals surface area contributed by atoms with Gasteiger partial charge in [0, 0.05) is 23.6 Å². The zero-order chi connectivity index (χ0) is 14.2. The number of benzene rings is 1. The minimum absolute atomic E-state index is 0.0235. The van der Waals surface area contributed by atoms with Gasteiger partial charge in [-0.2, -0.15) is 0 Å². The van der Waals surface area contributed by atoms with E-state index in [4.69, 9.17) is 0 Å². The molecule has 1 aromatic rings. The maximum atomic E-state index is 12.0. The van der Waals surface area contributed by atoms with Gasteiger partial charge in [0.25, 0.3) is 0 Å². The van der Waals surface area contributed by atoms with Gasteiger partial charge in [-0.3, -0.25) is 0 Å². The first-order valence-electron chi connectivity index (χ1n) is 5.88. The van der Waals surface area contributed by atoms with Gasteiger partial charge >= 0.3 is 5.97 Å². The molecule has 5 nitrogen and oxygen atoms in total. The predicted molar refractivity (Wildman–Crippen MR) is 71.7 cm³/mol. The summed E-state index contributed by atoms with van der Waals surface area (Å²) in [5.74, 6) is -1.12. The average molecular weight is 281 g/mol. The SMILES string of the molecule is CC(C)NCC1=CS(=O)(=O)c2cccc(C(=O)O)c21. The zero-order valence-corrected chi connectivity index (χ0v) is 11.5. The van der Waals surface area contributed by atoms with Crippen molar-refractivity contribution in [2.75, 3.05) is 6.54 Å². The van der Waals surface area contributed by atoms with Gasteiger partial charge in [0.15, 0.2) is 0 Å². The van der Waals surface area contributed by atoms with Gasteiger partial charge in [0.1, 0.15) is 0 Å². The summed E-state index contributed by atoms with van der Waals surface area (Å²) >= 11 is 0. The minimum atomic E-state index is -3.52. The van der Waals surface area contributed by atoms with Crippen LogP contribution in [0.3, 0.4) is 0 Å². The molecule has 6 heteroatoms. The van der Waals surface area contributed by atoms with Crippen LogP contribution in [0.5, 0.6) is 0 Å². The molecule has 0 atom stereocenters. The highest BCUT2D eigenvalue weighted by Crippen LogP contribution is 2.35. The summed E-state index contributed by atoms with van der Waals surface area (Å²) in [6, 6.07) is 4.50. The molecule has 0 spiro atoms. The molecule has 0 saturated heterocycles. The van der Waals surface area contributed by atoms with Crippen LogP contribution in [-0.2, 0) is 9.84 Å². The van der Waals surface area contributed by atoms with Crippen LogP contribution in [0.15, 0.2) is 28.5 Å². The van der Waals surface area contributed by atoms with Gasteiger partial charge in [-0.25, -0.2) is 13.2 Å². The Bertz CT molecular complexity index is 659. The van der Waals surface area contributed by atoms with Crippen molar-refractivity contribution in [3.8, 4) is 0 Å². The van der Waals surface area contributed by atoms with Gasteiger partial charge in [0.05, 0.1) is 10.5 Å². The van der Waals surface area contributed by atoms with E-state index in [9.17, 15) is 18.3 Å². The standard InChI is InChI=1S/C13H15NO4S/c1-8(2)14-6-9-7-19(17,18)11-5-3-4-10(12(9)11)13(15)16/h3-5,7-8,14H,6H2,1-2H3,(H,15,16). The van der Waals surface area contributed by atoms with Crippen molar-refractivity contribution >= 4 is 21.4 Å². The number of carboxylic acid groups (broad SMARTS) is 1. The Morgan fingerprint density at radius 1 is 1.37 bits per heavy atom. The molecule has 0 unspecified atom stereocenters. The minimum Gasteiger partial charge on any atom is -0.478 e. The van der Waals surface area contributed by atoms with Crippen LogP contribution in [0.1, 0.15) is 29.8 Å². The highest BCUT2D eigenvalue weighted by atomic mass is 32.2. The summed E-state index contributed by atoms with van der Waals surface area (Å²) in [4.78, 5) is 11.3. The van der Waals surface area contributed by atoms with Crippen molar-refractivity contribution in [2.24, 2.45) is 0 Å². The molecule has 19 heavy (non-hydrogen) atoms. The fourth-order valence-corrected chi connectivity index (χ4v) is 3.53. The second-order valence-electron chi connectivity index (χ2n) is 4.71. The van der Waals surface area contributed by atoms with Crippen LogP contribution < -0.4 is 5.32 Å². The average Bonchev–Trinajstić information content (AvgIpc) is 2.58. The van der Waals surface area contributed by atoms with Crippen molar-refractivity contribution < 1.29 is 18.3 Å². The van der Waals surface area contributed by atoms with Gasteiger partial charge in [0.2, 0.25) is 9.84 Å². The van der Waals surface area contributed by atoms with Crippen LogP contribution in [0.25, 0.3) is 5.57 Å². The number of aromatic carboxylic acids is 1. The lowest BCUT2D eigenvalue weighted by Gasteiger charge is -2.11. The fourth-order valence-electron chi connectivity index (χ4n) is 2.03. The molecule has 0 bridgehead atoms. The van der Waals surface area contributed by atoms with Crippen molar-refractivity contribution in [1.82, 2.24) is 5.32 Å². The molecule has 0 aliphatic carbocycles. The third kappa shape index (κ3) is 2.54. The molecule has 0 saturated carbocycles. The first kappa shape index (κ1) is 13.8. The number of rotatable bonds is 4. The smallest absolute Gasteiger partial charge is 0.336 e. The van der Waals surface area contributed by atoms with Crippen LogP contribution in [0.2, 0.25) is 0 Å². The number of carboxylic acids is 1. The molecule has 2 rings (SSSR count). The van der Waals surface area contributed by atoms with E-state index in [2.05, 4.69) is 5.32 Å². The molecule has 1 aliphatic heterocycles. The summed E-state index contributed by atoms with van der Waals surface area (Å²) in [6.07, 6.45) is 0. The number of fused-ring (bicyclic) bond motifs is 1. The number of hydrogen-bond acceptors (Lipinski definition) is 4. The fraction of sp³-hybridized carbons (Fsp3) is 0.308. The number of nitrogens with one attached hydrogen (secondary N) is 1. The van der Waals surface area contributed by atoms with Crippen LogP contribution in [0, 0.1) is 0 Å². The normalized spacial score (nSPS) is 16.3. The quantitative estimate of drug-likeness (QED) is 0.874. The van der Waals surface area contributed by atoms with Gasteiger partial charge in [-0.1, -0.05) is 19.9 Å². The molecule has 2 N–H and O–H groups in total. The lowest BCUT2D eigenvalue weighted by Crippen LogP contribution is -2.24. The molecule has 0 aromatic heterocycles. The third-order valence-corrected chi connectivity index (χ3v) is 4.43. The maximum absolute atomic E-state index is 12.0. The third-order valence-electron chi connectivity index (χ3n) is 2.88. The van der Waals surface area contributed by atoms with Crippen LogP contribution in [0.4, 0.5) is 0 Å². The van der Waals surface area contributed by atoms with E-state index < -0.39 is 15.8 Å². The Hall–Kier alpha value is -1.66. The molecule has 0 amide bonds. The lowest BCUT2D eigenvalue weighted by atomic mass is 10.0. The molecular weight excluding hydrogens is 266 g/mol. The van der Waals surface area contributed by atoms with E-state index in [1.54, 1.807) is 0 Å². The molecule has 102 valence electrons. The molecular formula is C13H15NO4S. The Labute approximate surface area is 111 Å². The lowest BCUT2D eigenvalue weighted by molar-refractivity contribution is 0.0696. The summed E-state index contributed by atoms with van der Waals surface area (Å²) < 4.78 is 24.0. The summed E-state index contributed by atoms with van der Waals surface area (Å²) in [5.41, 5.74) is 0.834.